The van der Waals surface area contributed by atoms with Crippen molar-refractivity contribution in [3.63, 3.8) is 0 Å². The Labute approximate surface area is 176 Å². The molecule has 4 aromatic rings. The summed E-state index contributed by atoms with van der Waals surface area (Å²) in [5.74, 6) is -0.519. The summed E-state index contributed by atoms with van der Waals surface area (Å²) in [5, 5.41) is 13.0. The third-order valence-corrected chi connectivity index (χ3v) is 4.61. The van der Waals surface area contributed by atoms with E-state index in [0.717, 1.165) is 5.56 Å². The average Bonchev–Trinajstić information content (AvgIpc) is 2.77. The summed E-state index contributed by atoms with van der Waals surface area (Å²) in [6.45, 7) is -0.0878. The molecule has 0 aliphatic heterocycles. The second-order valence-electron chi connectivity index (χ2n) is 6.85. The van der Waals surface area contributed by atoms with Gasteiger partial charge in [0.2, 0.25) is 0 Å². The van der Waals surface area contributed by atoms with Gasteiger partial charge in [-0.05, 0) is 17.7 Å². The molecule has 2 N–H and O–H groups in total. The molecule has 0 saturated carbocycles. The topological polar surface area (TPSA) is 88.8 Å². The van der Waals surface area contributed by atoms with E-state index in [1.54, 1.807) is 24.3 Å². The minimum absolute atomic E-state index is 0.0350. The van der Waals surface area contributed by atoms with Crippen LogP contribution in [0, 0.1) is 5.82 Å². The number of halogens is 1. The Morgan fingerprint density at radius 3 is 2.52 bits per heavy atom. The summed E-state index contributed by atoms with van der Waals surface area (Å²) >= 11 is 0. The Kier molecular flexibility index (Phi) is 5.66. The van der Waals surface area contributed by atoms with Crippen molar-refractivity contribution in [1.82, 2.24) is 5.32 Å². The summed E-state index contributed by atoms with van der Waals surface area (Å²) in [6, 6.07) is 18.9. The highest BCUT2D eigenvalue weighted by Crippen LogP contribution is 2.31. The third-order valence-electron chi connectivity index (χ3n) is 4.61. The molecule has 6 nitrogen and oxygen atoms in total. The first-order valence-electron chi connectivity index (χ1n) is 9.50. The number of phenols is 1. The monoisotopic (exact) mass is 419 g/mol. The predicted octanol–water partition coefficient (Wildman–Crippen LogP) is 4.00. The number of phenolic OH excluding ortho intramolecular Hbond substituents is 1. The van der Waals surface area contributed by atoms with Gasteiger partial charge in [0.25, 0.3) is 5.91 Å². The maximum Gasteiger partial charge on any atom is 0.258 e. The third kappa shape index (κ3) is 4.72. The van der Waals surface area contributed by atoms with Gasteiger partial charge in [0.1, 0.15) is 34.0 Å². The highest BCUT2D eigenvalue weighted by Gasteiger charge is 2.13. The Bertz CT molecular complexity index is 1280. The number of amides is 1. The molecule has 1 heterocycles. The van der Waals surface area contributed by atoms with Gasteiger partial charge in [0.15, 0.2) is 12.0 Å². The van der Waals surface area contributed by atoms with Crippen molar-refractivity contribution in [2.75, 3.05) is 6.61 Å². The van der Waals surface area contributed by atoms with Crippen LogP contribution in [0.3, 0.4) is 0 Å². The van der Waals surface area contributed by atoms with E-state index in [2.05, 4.69) is 5.32 Å². The number of aromatic hydroxyl groups is 1. The first-order chi connectivity index (χ1) is 15.0. The second-order valence-corrected chi connectivity index (χ2v) is 6.85. The number of carbonyl (C=O) groups excluding carboxylic acids is 1. The molecule has 31 heavy (non-hydrogen) atoms. The van der Waals surface area contributed by atoms with Crippen molar-refractivity contribution in [2.24, 2.45) is 0 Å². The second kappa shape index (κ2) is 8.71. The van der Waals surface area contributed by atoms with Crippen LogP contribution in [0.15, 0.2) is 82.0 Å². The molecule has 0 saturated heterocycles. The fraction of sp³-hybridized carbons (Fsp3) is 0.0833. The van der Waals surface area contributed by atoms with Gasteiger partial charge in [-0.25, -0.2) is 4.39 Å². The molecule has 3 aromatic carbocycles. The fourth-order valence-corrected chi connectivity index (χ4v) is 3.07. The lowest BCUT2D eigenvalue weighted by Crippen LogP contribution is -2.28. The molecule has 1 amide bonds. The van der Waals surface area contributed by atoms with Crippen molar-refractivity contribution >= 4 is 16.9 Å². The van der Waals surface area contributed by atoms with Crippen LogP contribution in [0.5, 0.6) is 11.5 Å². The first-order valence-corrected chi connectivity index (χ1v) is 9.50. The van der Waals surface area contributed by atoms with Crippen molar-refractivity contribution < 1.29 is 23.4 Å². The molecule has 0 fully saturated rings. The van der Waals surface area contributed by atoms with E-state index in [4.69, 9.17) is 9.15 Å². The predicted molar refractivity (Wildman–Crippen MR) is 113 cm³/mol. The molecule has 0 aliphatic carbocycles. The molecular formula is C24H18FNO5. The molecule has 0 bridgehead atoms. The van der Waals surface area contributed by atoms with Crippen molar-refractivity contribution in [3.8, 4) is 22.8 Å². The lowest BCUT2D eigenvalue weighted by molar-refractivity contribution is -0.123. The summed E-state index contributed by atoms with van der Waals surface area (Å²) in [5.41, 5.74) is 1.22. The van der Waals surface area contributed by atoms with Crippen LogP contribution in [0.25, 0.3) is 22.3 Å². The lowest BCUT2D eigenvalue weighted by atomic mass is 10.1. The number of rotatable bonds is 6. The van der Waals surface area contributed by atoms with E-state index >= 15 is 0 Å². The molecule has 0 radical (unpaired) electrons. The molecule has 156 valence electrons. The summed E-state index contributed by atoms with van der Waals surface area (Å²) < 4.78 is 24.2. The Hall–Kier alpha value is -4.13. The average molecular weight is 419 g/mol. The van der Waals surface area contributed by atoms with E-state index < -0.39 is 5.91 Å². The van der Waals surface area contributed by atoms with E-state index in [0.29, 0.717) is 11.3 Å². The lowest BCUT2D eigenvalue weighted by Gasteiger charge is -2.10. The van der Waals surface area contributed by atoms with Crippen molar-refractivity contribution in [2.45, 2.75) is 6.54 Å². The molecule has 0 aliphatic rings. The minimum Gasteiger partial charge on any atom is -0.507 e. The molecule has 1 aromatic heterocycles. The van der Waals surface area contributed by atoms with Gasteiger partial charge in [-0.2, -0.15) is 0 Å². The van der Waals surface area contributed by atoms with E-state index in [1.165, 1.54) is 30.3 Å². The van der Waals surface area contributed by atoms with Gasteiger partial charge in [-0.15, -0.1) is 0 Å². The smallest absolute Gasteiger partial charge is 0.258 e. The van der Waals surface area contributed by atoms with Crippen LogP contribution in [0.2, 0.25) is 0 Å². The van der Waals surface area contributed by atoms with Gasteiger partial charge < -0.3 is 19.6 Å². The highest BCUT2D eigenvalue weighted by molar-refractivity contribution is 5.86. The number of hydrogen-bond donors (Lipinski definition) is 2. The molecule has 4 rings (SSSR count). The number of benzene rings is 3. The molecule has 0 spiro atoms. The zero-order chi connectivity index (χ0) is 21.8. The Morgan fingerprint density at radius 1 is 1.03 bits per heavy atom. The minimum atomic E-state index is -0.400. The summed E-state index contributed by atoms with van der Waals surface area (Å²) in [7, 11) is 0. The van der Waals surface area contributed by atoms with Gasteiger partial charge in [-0.3, -0.25) is 9.59 Å². The summed E-state index contributed by atoms with van der Waals surface area (Å²) in [4.78, 5) is 24.5. The van der Waals surface area contributed by atoms with Crippen LogP contribution in [0.1, 0.15) is 5.56 Å². The maximum atomic E-state index is 12.9. The first kappa shape index (κ1) is 20.2. The highest BCUT2D eigenvalue weighted by atomic mass is 19.1. The van der Waals surface area contributed by atoms with Crippen LogP contribution in [-0.4, -0.2) is 17.6 Å². The van der Waals surface area contributed by atoms with Crippen molar-refractivity contribution in [3.05, 3.63) is 94.4 Å². The van der Waals surface area contributed by atoms with E-state index in [-0.39, 0.29) is 46.9 Å². The van der Waals surface area contributed by atoms with Gasteiger partial charge in [-0.1, -0.05) is 42.5 Å². The van der Waals surface area contributed by atoms with Gasteiger partial charge in [0, 0.05) is 30.3 Å². The fourth-order valence-electron chi connectivity index (χ4n) is 3.07. The van der Waals surface area contributed by atoms with Crippen LogP contribution in [0.4, 0.5) is 4.39 Å². The molecule has 0 atom stereocenters. The SMILES string of the molecule is O=C(COc1cc(O)c2c(=O)cc(-c3ccccc3)oc2c1)NCc1ccc(F)cc1. The zero-order valence-corrected chi connectivity index (χ0v) is 16.3. The number of hydrogen-bond acceptors (Lipinski definition) is 5. The number of carbonyl (C=O) groups is 1. The quantitative estimate of drug-likeness (QED) is 0.493. The van der Waals surface area contributed by atoms with E-state index in [9.17, 15) is 19.1 Å². The normalized spacial score (nSPS) is 10.7. The molecular weight excluding hydrogens is 401 g/mol. The largest absolute Gasteiger partial charge is 0.507 e. The van der Waals surface area contributed by atoms with Crippen LogP contribution in [-0.2, 0) is 11.3 Å². The molecule has 0 unspecified atom stereocenters. The standard InChI is InChI=1S/C24H18FNO5/c25-17-8-6-15(7-9-17)13-26-23(29)14-30-18-10-19(27)24-20(28)12-21(31-22(24)11-18)16-4-2-1-3-5-16/h1-12,27H,13-14H2,(H,26,29). The number of ether oxygens (including phenoxy) is 1. The van der Waals surface area contributed by atoms with Crippen LogP contribution >= 0.6 is 0 Å². The van der Waals surface area contributed by atoms with Crippen LogP contribution < -0.4 is 15.5 Å². The van der Waals surface area contributed by atoms with Gasteiger partial charge in [0.05, 0.1) is 0 Å². The van der Waals surface area contributed by atoms with Gasteiger partial charge >= 0.3 is 0 Å². The zero-order valence-electron chi connectivity index (χ0n) is 16.3. The Morgan fingerprint density at radius 2 is 1.77 bits per heavy atom. The molecule has 7 heteroatoms. The number of nitrogens with one attached hydrogen (secondary N) is 1. The van der Waals surface area contributed by atoms with E-state index in [1.807, 2.05) is 18.2 Å². The number of fused-ring (bicyclic) bond motifs is 1. The maximum absolute atomic E-state index is 12.9. The summed E-state index contributed by atoms with van der Waals surface area (Å²) in [6.07, 6.45) is 0. The Balaban J connectivity index is 1.49. The van der Waals surface area contributed by atoms with Crippen molar-refractivity contribution in [1.29, 1.82) is 0 Å².